The Morgan fingerprint density at radius 2 is 1.32 bits per heavy atom. The summed E-state index contributed by atoms with van der Waals surface area (Å²) in [5, 5.41) is 0. The molecular formula is C19H26N6. The Balaban J connectivity index is 1.46. The highest BCUT2D eigenvalue weighted by Crippen LogP contribution is 2.35. The van der Waals surface area contributed by atoms with Gasteiger partial charge >= 0.3 is 0 Å². The molecule has 0 aromatic carbocycles. The molecule has 0 saturated carbocycles. The van der Waals surface area contributed by atoms with Crippen LogP contribution in [-0.4, -0.2) is 46.1 Å². The van der Waals surface area contributed by atoms with E-state index in [1.807, 2.05) is 6.92 Å². The summed E-state index contributed by atoms with van der Waals surface area (Å²) in [6.07, 6.45) is 3.37. The molecule has 4 heterocycles. The lowest BCUT2D eigenvalue weighted by Crippen LogP contribution is -2.30. The van der Waals surface area contributed by atoms with Gasteiger partial charge in [-0.25, -0.2) is 19.9 Å². The van der Waals surface area contributed by atoms with Gasteiger partial charge in [-0.05, 0) is 6.92 Å². The Morgan fingerprint density at radius 3 is 1.84 bits per heavy atom. The van der Waals surface area contributed by atoms with Crippen LogP contribution in [0.15, 0.2) is 24.8 Å². The molecule has 2 aromatic rings. The van der Waals surface area contributed by atoms with Crippen LogP contribution in [0.25, 0.3) is 0 Å². The van der Waals surface area contributed by atoms with E-state index in [1.165, 1.54) is 0 Å². The van der Waals surface area contributed by atoms with E-state index in [0.717, 1.165) is 49.2 Å². The van der Waals surface area contributed by atoms with E-state index in [0.29, 0.717) is 11.8 Å². The molecule has 4 rings (SSSR count). The second kappa shape index (κ2) is 5.93. The van der Waals surface area contributed by atoms with Gasteiger partial charge < -0.3 is 9.80 Å². The van der Waals surface area contributed by atoms with E-state index in [1.54, 1.807) is 12.7 Å². The van der Waals surface area contributed by atoms with Crippen LogP contribution < -0.4 is 9.80 Å². The molecule has 6 heteroatoms. The molecule has 6 nitrogen and oxygen atoms in total. The Labute approximate surface area is 149 Å². The monoisotopic (exact) mass is 338 g/mol. The van der Waals surface area contributed by atoms with Crippen molar-refractivity contribution in [3.63, 3.8) is 0 Å². The SMILES string of the molecule is Cc1cc(N2CC3CN(c4cc(C(C)(C)C)ncn4)CC3C2)ncn1. The predicted molar refractivity (Wildman–Crippen MR) is 98.9 cm³/mol. The van der Waals surface area contributed by atoms with Gasteiger partial charge in [0.1, 0.15) is 24.3 Å². The summed E-state index contributed by atoms with van der Waals surface area (Å²) in [6, 6.07) is 4.24. The average Bonchev–Trinajstić information content (AvgIpc) is 3.13. The highest BCUT2D eigenvalue weighted by Gasteiger charge is 2.41. The molecule has 2 aliphatic heterocycles. The van der Waals surface area contributed by atoms with E-state index in [4.69, 9.17) is 0 Å². The van der Waals surface area contributed by atoms with Crippen LogP contribution in [0.2, 0.25) is 0 Å². The number of fused-ring (bicyclic) bond motifs is 1. The second-order valence-electron chi connectivity index (χ2n) is 8.36. The highest BCUT2D eigenvalue weighted by molar-refractivity contribution is 5.45. The fourth-order valence-electron chi connectivity index (χ4n) is 3.91. The fraction of sp³-hybridized carbons (Fsp3) is 0.579. The molecule has 2 fully saturated rings. The first-order chi connectivity index (χ1) is 11.9. The Hall–Kier alpha value is -2.24. The van der Waals surface area contributed by atoms with Gasteiger partial charge in [0.15, 0.2) is 0 Å². The van der Waals surface area contributed by atoms with Crippen LogP contribution in [-0.2, 0) is 5.41 Å². The van der Waals surface area contributed by atoms with E-state index in [-0.39, 0.29) is 5.41 Å². The third-order valence-electron chi connectivity index (χ3n) is 5.34. The van der Waals surface area contributed by atoms with E-state index >= 15 is 0 Å². The third-order valence-corrected chi connectivity index (χ3v) is 5.34. The zero-order valence-corrected chi connectivity index (χ0v) is 15.5. The fourth-order valence-corrected chi connectivity index (χ4v) is 3.91. The summed E-state index contributed by atoms with van der Waals surface area (Å²) >= 11 is 0. The van der Waals surface area contributed by atoms with Crippen molar-refractivity contribution in [3.05, 3.63) is 36.2 Å². The quantitative estimate of drug-likeness (QED) is 0.838. The van der Waals surface area contributed by atoms with Crippen molar-refractivity contribution in [3.8, 4) is 0 Å². The molecule has 2 unspecified atom stereocenters. The summed E-state index contributed by atoms with van der Waals surface area (Å²) in [5.74, 6) is 3.47. The molecule has 0 spiro atoms. The van der Waals surface area contributed by atoms with Gasteiger partial charge in [0, 0.05) is 61.3 Å². The van der Waals surface area contributed by atoms with Gasteiger partial charge in [0.05, 0.1) is 5.69 Å². The lowest BCUT2D eigenvalue weighted by Gasteiger charge is -2.24. The van der Waals surface area contributed by atoms with Gasteiger partial charge in [0.2, 0.25) is 0 Å². The van der Waals surface area contributed by atoms with Crippen LogP contribution >= 0.6 is 0 Å². The first kappa shape index (κ1) is 16.2. The summed E-state index contributed by atoms with van der Waals surface area (Å²) < 4.78 is 0. The van der Waals surface area contributed by atoms with Crippen LogP contribution in [0.5, 0.6) is 0 Å². The molecule has 2 atom stereocenters. The molecule has 2 aromatic heterocycles. The van der Waals surface area contributed by atoms with Crippen molar-refractivity contribution in [1.29, 1.82) is 0 Å². The van der Waals surface area contributed by atoms with Gasteiger partial charge in [-0.1, -0.05) is 20.8 Å². The normalized spacial score (nSPS) is 23.2. The standard InChI is InChI=1S/C19H26N6/c1-13-5-17(22-11-20-13)24-7-14-9-25(10-15(14)8-24)18-6-16(19(2,3)4)21-12-23-18/h5-6,11-12,14-15H,7-10H2,1-4H3. The molecule has 132 valence electrons. The number of rotatable bonds is 2. The Kier molecular flexibility index (Phi) is 3.85. The molecule has 2 saturated heterocycles. The van der Waals surface area contributed by atoms with Crippen LogP contribution in [0.4, 0.5) is 11.6 Å². The van der Waals surface area contributed by atoms with Crippen molar-refractivity contribution in [2.75, 3.05) is 36.0 Å². The summed E-state index contributed by atoms with van der Waals surface area (Å²) in [6.45, 7) is 12.9. The lowest BCUT2D eigenvalue weighted by molar-refractivity contribution is 0.533. The smallest absolute Gasteiger partial charge is 0.132 e. The average molecular weight is 338 g/mol. The lowest BCUT2D eigenvalue weighted by atomic mass is 9.92. The zero-order chi connectivity index (χ0) is 17.6. The first-order valence-electron chi connectivity index (χ1n) is 9.01. The van der Waals surface area contributed by atoms with E-state index < -0.39 is 0 Å². The largest absolute Gasteiger partial charge is 0.356 e. The van der Waals surface area contributed by atoms with Crippen LogP contribution in [0.3, 0.4) is 0 Å². The van der Waals surface area contributed by atoms with Crippen molar-refractivity contribution >= 4 is 11.6 Å². The van der Waals surface area contributed by atoms with Crippen molar-refractivity contribution in [2.24, 2.45) is 11.8 Å². The topological polar surface area (TPSA) is 58.0 Å². The summed E-state index contributed by atoms with van der Waals surface area (Å²) in [4.78, 5) is 22.5. The molecular weight excluding hydrogens is 312 g/mol. The molecule has 0 radical (unpaired) electrons. The van der Waals surface area contributed by atoms with Gasteiger partial charge in [0.25, 0.3) is 0 Å². The number of nitrogens with zero attached hydrogens (tertiary/aromatic N) is 6. The predicted octanol–water partition coefficient (Wildman–Crippen LogP) is 2.45. The number of anilines is 2. The minimum absolute atomic E-state index is 0.0506. The number of hydrogen-bond acceptors (Lipinski definition) is 6. The van der Waals surface area contributed by atoms with E-state index in [2.05, 4.69) is 62.6 Å². The summed E-state index contributed by atoms with van der Waals surface area (Å²) in [5.41, 5.74) is 2.18. The third kappa shape index (κ3) is 3.17. The summed E-state index contributed by atoms with van der Waals surface area (Å²) in [7, 11) is 0. The molecule has 0 N–H and O–H groups in total. The molecule has 0 bridgehead atoms. The molecule has 0 aliphatic carbocycles. The number of aromatic nitrogens is 4. The van der Waals surface area contributed by atoms with E-state index in [9.17, 15) is 0 Å². The maximum absolute atomic E-state index is 4.53. The van der Waals surface area contributed by atoms with Crippen molar-refractivity contribution < 1.29 is 0 Å². The number of aryl methyl sites for hydroxylation is 1. The minimum Gasteiger partial charge on any atom is -0.356 e. The van der Waals surface area contributed by atoms with Crippen molar-refractivity contribution in [2.45, 2.75) is 33.1 Å². The molecule has 0 amide bonds. The zero-order valence-electron chi connectivity index (χ0n) is 15.5. The minimum atomic E-state index is 0.0506. The van der Waals surface area contributed by atoms with Crippen molar-refractivity contribution in [1.82, 2.24) is 19.9 Å². The first-order valence-corrected chi connectivity index (χ1v) is 9.01. The highest BCUT2D eigenvalue weighted by atomic mass is 15.3. The Morgan fingerprint density at radius 1 is 0.800 bits per heavy atom. The number of hydrogen-bond donors (Lipinski definition) is 0. The van der Waals surface area contributed by atoms with Gasteiger partial charge in [-0.15, -0.1) is 0 Å². The molecule has 25 heavy (non-hydrogen) atoms. The maximum Gasteiger partial charge on any atom is 0.132 e. The van der Waals surface area contributed by atoms with Gasteiger partial charge in [-0.2, -0.15) is 0 Å². The van der Waals surface area contributed by atoms with Crippen LogP contribution in [0.1, 0.15) is 32.2 Å². The van der Waals surface area contributed by atoms with Crippen LogP contribution in [0, 0.1) is 18.8 Å². The Bertz CT molecular complexity index is 755. The maximum atomic E-state index is 4.53. The molecule has 2 aliphatic rings. The second-order valence-corrected chi connectivity index (χ2v) is 8.36. The van der Waals surface area contributed by atoms with Gasteiger partial charge in [-0.3, -0.25) is 0 Å².